The molecule has 0 radical (unpaired) electrons. The number of amides is 3. The van der Waals surface area contributed by atoms with Gasteiger partial charge in [-0.05, 0) is 26.0 Å². The van der Waals surface area contributed by atoms with E-state index in [1.807, 2.05) is 25.1 Å². The van der Waals surface area contributed by atoms with E-state index in [-0.39, 0.29) is 36.6 Å². The van der Waals surface area contributed by atoms with E-state index >= 15 is 0 Å². The van der Waals surface area contributed by atoms with Crippen LogP contribution < -0.4 is 15.5 Å². The van der Waals surface area contributed by atoms with Crippen LogP contribution in [-0.4, -0.2) is 46.5 Å². The van der Waals surface area contributed by atoms with E-state index in [2.05, 4.69) is 20.8 Å². The minimum absolute atomic E-state index is 0.123. The van der Waals surface area contributed by atoms with Crippen molar-refractivity contribution in [1.29, 1.82) is 0 Å². The normalized spacial score (nSPS) is 16.0. The largest absolute Gasteiger partial charge is 0.450 e. The first kappa shape index (κ1) is 20.1. The van der Waals surface area contributed by atoms with E-state index in [4.69, 9.17) is 4.74 Å². The minimum atomic E-state index is -0.599. The smallest absolute Gasteiger partial charge is 0.413 e. The Labute approximate surface area is 169 Å². The maximum atomic E-state index is 12.9. The van der Waals surface area contributed by atoms with Crippen LogP contribution in [0.15, 0.2) is 28.6 Å². The van der Waals surface area contributed by atoms with Crippen molar-refractivity contribution in [3.63, 3.8) is 0 Å². The molecule has 3 rings (SSSR count). The molecule has 0 fully saturated rings. The number of nitrogens with one attached hydrogen (secondary N) is 2. The fraction of sp³-hybridized carbons (Fsp3) is 0.353. The van der Waals surface area contributed by atoms with Gasteiger partial charge in [0.15, 0.2) is 4.34 Å². The van der Waals surface area contributed by atoms with Gasteiger partial charge < -0.3 is 15.0 Å². The third kappa shape index (κ3) is 4.78. The molecule has 1 aliphatic rings. The number of para-hydroxylation sites is 2. The number of fused-ring (bicyclic) bond motifs is 1. The van der Waals surface area contributed by atoms with Crippen molar-refractivity contribution in [2.24, 2.45) is 0 Å². The summed E-state index contributed by atoms with van der Waals surface area (Å²) in [5, 5.41) is 13.4. The number of carbonyl (C=O) groups excluding carboxylic acids is 3. The summed E-state index contributed by atoms with van der Waals surface area (Å²) in [6.07, 6.45) is -0.379. The SMILES string of the molecule is CCOC(=O)Nc1nnc(SCC(=O)N2c3ccccc3NC(=O)CC2C)s1. The van der Waals surface area contributed by atoms with Crippen molar-refractivity contribution < 1.29 is 19.1 Å². The van der Waals surface area contributed by atoms with E-state index in [1.54, 1.807) is 17.9 Å². The Kier molecular flexibility index (Phi) is 6.47. The number of thioether (sulfide) groups is 1. The highest BCUT2D eigenvalue weighted by molar-refractivity contribution is 8.01. The van der Waals surface area contributed by atoms with Crippen LogP contribution in [0.25, 0.3) is 0 Å². The van der Waals surface area contributed by atoms with Gasteiger partial charge in [0.2, 0.25) is 16.9 Å². The Balaban J connectivity index is 1.67. The van der Waals surface area contributed by atoms with Gasteiger partial charge in [0.05, 0.1) is 23.7 Å². The van der Waals surface area contributed by atoms with Crippen LogP contribution in [0.3, 0.4) is 0 Å². The van der Waals surface area contributed by atoms with Crippen molar-refractivity contribution >= 4 is 57.5 Å². The number of ether oxygens (including phenoxy) is 1. The van der Waals surface area contributed by atoms with Crippen molar-refractivity contribution in [2.45, 2.75) is 30.6 Å². The zero-order valence-electron chi connectivity index (χ0n) is 15.3. The number of rotatable bonds is 5. The molecule has 0 saturated carbocycles. The molecular formula is C17H19N5O4S2. The second-order valence-corrected chi connectivity index (χ2v) is 8.09. The first-order chi connectivity index (χ1) is 13.5. The zero-order valence-corrected chi connectivity index (χ0v) is 16.9. The van der Waals surface area contributed by atoms with Gasteiger partial charge in [-0.1, -0.05) is 35.2 Å². The molecule has 0 bridgehead atoms. The predicted molar refractivity (Wildman–Crippen MR) is 108 cm³/mol. The van der Waals surface area contributed by atoms with Gasteiger partial charge in [-0.25, -0.2) is 4.79 Å². The van der Waals surface area contributed by atoms with Crippen LogP contribution >= 0.6 is 23.1 Å². The highest BCUT2D eigenvalue weighted by atomic mass is 32.2. The number of hydrogen-bond acceptors (Lipinski definition) is 8. The molecule has 1 aromatic heterocycles. The first-order valence-corrected chi connectivity index (χ1v) is 10.4. The number of aromatic nitrogens is 2. The van der Waals surface area contributed by atoms with Gasteiger partial charge in [0.25, 0.3) is 0 Å². The van der Waals surface area contributed by atoms with Crippen molar-refractivity contribution in [3.05, 3.63) is 24.3 Å². The number of hydrogen-bond donors (Lipinski definition) is 2. The summed E-state index contributed by atoms with van der Waals surface area (Å²) in [6.45, 7) is 3.81. The van der Waals surface area contributed by atoms with Gasteiger partial charge >= 0.3 is 6.09 Å². The summed E-state index contributed by atoms with van der Waals surface area (Å²) in [6, 6.07) is 6.95. The Morgan fingerprint density at radius 1 is 1.39 bits per heavy atom. The minimum Gasteiger partial charge on any atom is -0.450 e. The molecule has 28 heavy (non-hydrogen) atoms. The number of anilines is 3. The van der Waals surface area contributed by atoms with Gasteiger partial charge in [0.1, 0.15) is 0 Å². The molecule has 1 aliphatic heterocycles. The number of carbonyl (C=O) groups is 3. The molecule has 11 heteroatoms. The monoisotopic (exact) mass is 421 g/mol. The molecule has 0 spiro atoms. The van der Waals surface area contributed by atoms with Crippen LogP contribution in [0.2, 0.25) is 0 Å². The second-order valence-electron chi connectivity index (χ2n) is 5.89. The van der Waals surface area contributed by atoms with Crippen molar-refractivity contribution in [3.8, 4) is 0 Å². The molecule has 2 aromatic rings. The fourth-order valence-corrected chi connectivity index (χ4v) is 4.33. The third-order valence-corrected chi connectivity index (χ3v) is 5.79. The Hall–Kier alpha value is -2.66. The van der Waals surface area contributed by atoms with Gasteiger partial charge in [-0.3, -0.25) is 14.9 Å². The van der Waals surface area contributed by atoms with Crippen molar-refractivity contribution in [2.75, 3.05) is 27.9 Å². The lowest BCUT2D eigenvalue weighted by Gasteiger charge is -2.27. The molecule has 0 aliphatic carbocycles. The molecule has 2 N–H and O–H groups in total. The topological polar surface area (TPSA) is 114 Å². The van der Waals surface area contributed by atoms with Crippen LogP contribution in [0, 0.1) is 0 Å². The summed E-state index contributed by atoms with van der Waals surface area (Å²) >= 11 is 2.38. The lowest BCUT2D eigenvalue weighted by atomic mass is 10.2. The molecule has 148 valence electrons. The van der Waals surface area contributed by atoms with Crippen LogP contribution in [0.5, 0.6) is 0 Å². The lowest BCUT2D eigenvalue weighted by Crippen LogP contribution is -2.40. The highest BCUT2D eigenvalue weighted by Crippen LogP contribution is 2.33. The van der Waals surface area contributed by atoms with Gasteiger partial charge in [0, 0.05) is 12.5 Å². The van der Waals surface area contributed by atoms with Crippen LogP contribution in [0.4, 0.5) is 21.3 Å². The number of benzene rings is 1. The molecule has 1 atom stereocenters. The molecule has 9 nitrogen and oxygen atoms in total. The summed E-state index contributed by atoms with van der Waals surface area (Å²) in [5.41, 5.74) is 1.29. The average Bonchev–Trinajstić information content (AvgIpc) is 3.03. The summed E-state index contributed by atoms with van der Waals surface area (Å²) in [7, 11) is 0. The molecule has 2 heterocycles. The maximum absolute atomic E-state index is 12.9. The van der Waals surface area contributed by atoms with E-state index in [1.165, 1.54) is 11.8 Å². The average molecular weight is 422 g/mol. The highest BCUT2D eigenvalue weighted by Gasteiger charge is 2.29. The zero-order chi connectivity index (χ0) is 20.1. The summed E-state index contributed by atoms with van der Waals surface area (Å²) in [5.74, 6) is -0.140. The van der Waals surface area contributed by atoms with E-state index in [0.717, 1.165) is 11.3 Å². The summed E-state index contributed by atoms with van der Waals surface area (Å²) < 4.78 is 5.33. The summed E-state index contributed by atoms with van der Waals surface area (Å²) in [4.78, 5) is 38.0. The first-order valence-electron chi connectivity index (χ1n) is 8.59. The Bertz CT molecular complexity index is 888. The standard InChI is InChI=1S/C17H19N5O4S2/c1-3-26-16(25)19-15-20-21-17(28-15)27-9-14(24)22-10(2)8-13(23)18-11-6-4-5-7-12(11)22/h4-7,10H,3,8-9H2,1-2H3,(H,18,23)(H,19,20,25). The van der Waals surface area contributed by atoms with Crippen molar-refractivity contribution in [1.82, 2.24) is 10.2 Å². The van der Waals surface area contributed by atoms with E-state index < -0.39 is 6.09 Å². The van der Waals surface area contributed by atoms with E-state index in [0.29, 0.717) is 20.8 Å². The van der Waals surface area contributed by atoms with Crippen LogP contribution in [-0.2, 0) is 14.3 Å². The Morgan fingerprint density at radius 3 is 2.96 bits per heavy atom. The van der Waals surface area contributed by atoms with Crippen LogP contribution in [0.1, 0.15) is 20.3 Å². The van der Waals surface area contributed by atoms with Gasteiger partial charge in [-0.15, -0.1) is 10.2 Å². The predicted octanol–water partition coefficient (Wildman–Crippen LogP) is 2.96. The molecular weight excluding hydrogens is 402 g/mol. The molecule has 3 amide bonds. The maximum Gasteiger partial charge on any atom is 0.413 e. The molecule has 0 saturated heterocycles. The quantitative estimate of drug-likeness (QED) is 0.563. The Morgan fingerprint density at radius 2 is 2.18 bits per heavy atom. The van der Waals surface area contributed by atoms with Gasteiger partial charge in [-0.2, -0.15) is 0 Å². The molecule has 1 unspecified atom stereocenters. The lowest BCUT2D eigenvalue weighted by molar-refractivity contribution is -0.117. The molecule has 1 aromatic carbocycles. The fourth-order valence-electron chi connectivity index (χ4n) is 2.73. The second kappa shape index (κ2) is 9.02. The third-order valence-electron chi connectivity index (χ3n) is 3.84. The van der Waals surface area contributed by atoms with E-state index in [9.17, 15) is 14.4 Å². The number of nitrogens with zero attached hydrogens (tertiary/aromatic N) is 3.